The standard InChI is InChI=1S/CH5IO6P2/c2-1(9(3,4)5)10(6,7)8/h1H,(H2,3,4,5)(H2,6,7,8). The summed E-state index contributed by atoms with van der Waals surface area (Å²) < 4.78 is 18.4. The van der Waals surface area contributed by atoms with E-state index in [9.17, 15) is 9.13 Å². The van der Waals surface area contributed by atoms with Gasteiger partial charge in [0.25, 0.3) is 0 Å². The van der Waals surface area contributed by atoms with Crippen molar-refractivity contribution < 1.29 is 28.7 Å². The van der Waals surface area contributed by atoms with Crippen LogP contribution in [0.1, 0.15) is 0 Å². The van der Waals surface area contributed by atoms with Crippen molar-refractivity contribution in [2.24, 2.45) is 0 Å². The SMILES string of the molecule is O=P(O)(O)C(I)P(=O)(O)O. The normalized spacial score (nSPS) is 14.2. The van der Waals surface area contributed by atoms with E-state index in [1.54, 1.807) is 0 Å². The molecule has 62 valence electrons. The minimum atomic E-state index is -4.65. The van der Waals surface area contributed by atoms with Crippen molar-refractivity contribution in [1.82, 2.24) is 0 Å². The molecule has 0 aromatic carbocycles. The molecule has 0 aromatic rings. The molecule has 0 aromatic heterocycles. The monoisotopic (exact) mass is 302 g/mol. The van der Waals surface area contributed by atoms with Crippen LogP contribution in [0.2, 0.25) is 0 Å². The molecule has 0 aliphatic rings. The summed E-state index contributed by atoms with van der Waals surface area (Å²) in [5.41, 5.74) is 0. The van der Waals surface area contributed by atoms with E-state index in [1.165, 1.54) is 0 Å². The molecule has 0 saturated heterocycles. The molecule has 0 bridgehead atoms. The molecule has 0 amide bonds. The quantitative estimate of drug-likeness (QED) is 0.326. The van der Waals surface area contributed by atoms with Gasteiger partial charge in [-0.1, -0.05) is 22.6 Å². The highest BCUT2D eigenvalue weighted by molar-refractivity contribution is 14.1. The van der Waals surface area contributed by atoms with Gasteiger partial charge in [0.1, 0.15) is 0 Å². The molecule has 0 aliphatic carbocycles. The van der Waals surface area contributed by atoms with Gasteiger partial charge in [0.05, 0.1) is 0 Å². The second-order valence-electron chi connectivity index (χ2n) is 1.49. The first-order valence-corrected chi connectivity index (χ1v) is 6.51. The highest BCUT2D eigenvalue weighted by Crippen LogP contribution is 2.62. The summed E-state index contributed by atoms with van der Waals surface area (Å²) >= 11 is 1.03. The van der Waals surface area contributed by atoms with Gasteiger partial charge < -0.3 is 19.6 Å². The molecule has 9 heteroatoms. The number of rotatable bonds is 2. The molecule has 0 spiro atoms. The van der Waals surface area contributed by atoms with Crippen LogP contribution >= 0.6 is 37.8 Å². The summed E-state index contributed by atoms with van der Waals surface area (Å²) in [6, 6.07) is 0. The minimum Gasteiger partial charge on any atom is -0.323 e. The van der Waals surface area contributed by atoms with Crippen molar-refractivity contribution >= 4 is 37.8 Å². The van der Waals surface area contributed by atoms with Crippen LogP contribution in [0, 0.1) is 0 Å². The van der Waals surface area contributed by atoms with E-state index >= 15 is 0 Å². The third kappa shape index (κ3) is 3.43. The van der Waals surface area contributed by atoms with Crippen molar-refractivity contribution in [3.8, 4) is 0 Å². The lowest BCUT2D eigenvalue weighted by Gasteiger charge is -2.12. The van der Waals surface area contributed by atoms with Crippen LogP contribution in [0.25, 0.3) is 0 Å². The summed E-state index contributed by atoms with van der Waals surface area (Å²) in [5.74, 6) is 0. The predicted molar refractivity (Wildman–Crippen MR) is 41.9 cm³/mol. The number of alkyl halides is 1. The molecule has 0 fully saturated rings. The zero-order valence-electron chi connectivity index (χ0n) is 4.46. The summed E-state index contributed by atoms with van der Waals surface area (Å²) in [5, 5.41) is 0. The highest BCUT2D eigenvalue weighted by atomic mass is 127. The Bertz CT molecular complexity index is 178. The van der Waals surface area contributed by atoms with Gasteiger partial charge in [0.15, 0.2) is 0 Å². The van der Waals surface area contributed by atoms with Crippen LogP contribution in [0.3, 0.4) is 0 Å². The molecule has 0 saturated carbocycles. The Morgan fingerprint density at radius 1 is 1.00 bits per heavy atom. The summed E-state index contributed by atoms with van der Waals surface area (Å²) in [4.78, 5) is 32.9. The van der Waals surface area contributed by atoms with Crippen LogP contribution in [0.5, 0.6) is 0 Å². The Morgan fingerprint density at radius 3 is 1.20 bits per heavy atom. The number of halogens is 1. The molecule has 6 nitrogen and oxygen atoms in total. The van der Waals surface area contributed by atoms with E-state index in [4.69, 9.17) is 19.6 Å². The first-order chi connectivity index (χ1) is 4.15. The van der Waals surface area contributed by atoms with Gasteiger partial charge in [0, 0.05) is 0 Å². The van der Waals surface area contributed by atoms with E-state index in [1.807, 2.05) is 0 Å². The fourth-order valence-corrected chi connectivity index (χ4v) is 1.76. The van der Waals surface area contributed by atoms with Crippen LogP contribution in [0.15, 0.2) is 0 Å². The fourth-order valence-electron chi connectivity index (χ4n) is 0.196. The maximum atomic E-state index is 10.2. The Kier molecular flexibility index (Phi) is 3.51. The van der Waals surface area contributed by atoms with E-state index in [0.29, 0.717) is 0 Å². The van der Waals surface area contributed by atoms with E-state index in [-0.39, 0.29) is 0 Å². The Morgan fingerprint density at radius 2 is 1.20 bits per heavy atom. The van der Waals surface area contributed by atoms with Gasteiger partial charge in [0.2, 0.25) is 3.41 Å². The molecular weight excluding hydrogens is 297 g/mol. The molecule has 4 N–H and O–H groups in total. The minimum absolute atomic E-state index is 1.03. The van der Waals surface area contributed by atoms with Gasteiger partial charge in [-0.05, 0) is 0 Å². The maximum Gasteiger partial charge on any atom is 0.350 e. The van der Waals surface area contributed by atoms with Crippen molar-refractivity contribution in [2.75, 3.05) is 0 Å². The first-order valence-electron chi connectivity index (χ1n) is 1.90. The maximum absolute atomic E-state index is 10.2. The van der Waals surface area contributed by atoms with Crippen molar-refractivity contribution in [3.05, 3.63) is 0 Å². The molecule has 10 heavy (non-hydrogen) atoms. The van der Waals surface area contributed by atoms with E-state index < -0.39 is 18.6 Å². The van der Waals surface area contributed by atoms with Crippen molar-refractivity contribution in [1.29, 1.82) is 0 Å². The molecule has 0 atom stereocenters. The Balaban J connectivity index is 4.56. The van der Waals surface area contributed by atoms with Gasteiger partial charge in [-0.3, -0.25) is 9.13 Å². The largest absolute Gasteiger partial charge is 0.350 e. The number of hydrogen-bond acceptors (Lipinski definition) is 2. The Hall–Kier alpha value is 1.03. The number of hydrogen-bond donors (Lipinski definition) is 4. The van der Waals surface area contributed by atoms with Crippen LogP contribution < -0.4 is 0 Å². The lowest BCUT2D eigenvalue weighted by molar-refractivity contribution is 0.354. The van der Waals surface area contributed by atoms with Gasteiger partial charge in [-0.15, -0.1) is 0 Å². The first kappa shape index (κ1) is 11.0. The van der Waals surface area contributed by atoms with Gasteiger partial charge >= 0.3 is 15.2 Å². The average molecular weight is 302 g/mol. The Labute approximate surface area is 70.1 Å². The zero-order valence-corrected chi connectivity index (χ0v) is 8.40. The fraction of sp³-hybridized carbons (Fsp3) is 1.00. The molecule has 0 aliphatic heterocycles. The molecular formula is CH5IO6P2. The van der Waals surface area contributed by atoms with Crippen LogP contribution in [-0.2, 0) is 9.13 Å². The van der Waals surface area contributed by atoms with Crippen molar-refractivity contribution in [3.63, 3.8) is 0 Å². The third-order valence-corrected chi connectivity index (χ3v) is 7.82. The van der Waals surface area contributed by atoms with Gasteiger partial charge in [-0.25, -0.2) is 0 Å². The lowest BCUT2D eigenvalue weighted by atomic mass is 11.9. The van der Waals surface area contributed by atoms with E-state index in [0.717, 1.165) is 22.6 Å². The highest BCUT2D eigenvalue weighted by Gasteiger charge is 2.40. The van der Waals surface area contributed by atoms with Gasteiger partial charge in [-0.2, -0.15) is 0 Å². The average Bonchev–Trinajstić information content (AvgIpc) is 1.59. The third-order valence-electron chi connectivity index (χ3n) is 0.555. The molecule has 0 rings (SSSR count). The smallest absolute Gasteiger partial charge is 0.323 e. The summed E-state index contributed by atoms with van der Waals surface area (Å²) in [6.45, 7) is 0. The molecule has 0 heterocycles. The van der Waals surface area contributed by atoms with Crippen LogP contribution in [0.4, 0.5) is 0 Å². The molecule has 0 radical (unpaired) electrons. The predicted octanol–water partition coefficient (Wildman–Crippen LogP) is 0.0604. The second-order valence-corrected chi connectivity index (χ2v) is 8.50. The topological polar surface area (TPSA) is 115 Å². The van der Waals surface area contributed by atoms with Crippen molar-refractivity contribution in [2.45, 2.75) is 3.41 Å². The second kappa shape index (κ2) is 3.18. The lowest BCUT2D eigenvalue weighted by Crippen LogP contribution is -1.98. The van der Waals surface area contributed by atoms with E-state index in [2.05, 4.69) is 0 Å². The molecule has 0 unspecified atom stereocenters. The zero-order chi connectivity index (χ0) is 8.58. The van der Waals surface area contributed by atoms with Crippen LogP contribution in [-0.4, -0.2) is 23.0 Å². The summed E-state index contributed by atoms with van der Waals surface area (Å²) in [6.07, 6.45) is 0. The summed E-state index contributed by atoms with van der Waals surface area (Å²) in [7, 11) is -9.31.